The molecule has 72 valence electrons. The minimum atomic E-state index is 0.477. The van der Waals surface area contributed by atoms with Crippen molar-refractivity contribution in [3.8, 4) is 0 Å². The number of thiazole rings is 1. The van der Waals surface area contributed by atoms with Crippen LogP contribution in [0.4, 0.5) is 10.8 Å². The molecule has 0 fully saturated rings. The van der Waals surface area contributed by atoms with Gasteiger partial charge in [0.2, 0.25) is 0 Å². The number of pyridine rings is 1. The van der Waals surface area contributed by atoms with Gasteiger partial charge in [0.05, 0.1) is 17.6 Å². The van der Waals surface area contributed by atoms with Crippen molar-refractivity contribution in [2.45, 2.75) is 6.54 Å². The van der Waals surface area contributed by atoms with Crippen LogP contribution in [0.2, 0.25) is 0 Å². The topological polar surface area (TPSA) is 63.8 Å². The molecule has 0 radical (unpaired) electrons. The van der Waals surface area contributed by atoms with Crippen LogP contribution >= 0.6 is 11.3 Å². The standard InChI is InChI=1S/C9H10N4S/c10-4-8-6-14-9(13-8)12-7-2-1-3-11-5-7/h1-3,5-6H,4,10H2,(H,12,13). The first-order chi connectivity index (χ1) is 6.88. The molecule has 3 N–H and O–H groups in total. The predicted molar refractivity (Wildman–Crippen MR) is 57.5 cm³/mol. The second-order valence-electron chi connectivity index (χ2n) is 2.71. The average Bonchev–Trinajstić information content (AvgIpc) is 2.67. The first kappa shape index (κ1) is 9.11. The summed E-state index contributed by atoms with van der Waals surface area (Å²) in [6.07, 6.45) is 3.49. The normalized spacial score (nSPS) is 10.1. The fourth-order valence-corrected chi connectivity index (χ4v) is 1.76. The Morgan fingerprint density at radius 3 is 3.07 bits per heavy atom. The SMILES string of the molecule is NCc1csc(Nc2cccnc2)n1. The van der Waals surface area contributed by atoms with Crippen LogP contribution < -0.4 is 11.1 Å². The number of nitrogens with one attached hydrogen (secondary N) is 1. The van der Waals surface area contributed by atoms with Crippen LogP contribution in [-0.4, -0.2) is 9.97 Å². The van der Waals surface area contributed by atoms with Crippen LogP contribution in [0, 0.1) is 0 Å². The molecular formula is C9H10N4S. The number of nitrogens with two attached hydrogens (primary N) is 1. The summed E-state index contributed by atoms with van der Waals surface area (Å²) in [4.78, 5) is 8.28. The number of rotatable bonds is 3. The molecule has 2 aromatic rings. The lowest BCUT2D eigenvalue weighted by Crippen LogP contribution is -1.96. The quantitative estimate of drug-likeness (QED) is 0.803. The summed E-state index contributed by atoms with van der Waals surface area (Å²) >= 11 is 1.54. The molecule has 2 rings (SSSR count). The maximum Gasteiger partial charge on any atom is 0.187 e. The molecule has 5 heteroatoms. The molecule has 0 bridgehead atoms. The molecule has 0 amide bonds. The van der Waals surface area contributed by atoms with Gasteiger partial charge in [-0.2, -0.15) is 0 Å². The van der Waals surface area contributed by atoms with Gasteiger partial charge in [0.15, 0.2) is 5.13 Å². The number of hydrogen-bond acceptors (Lipinski definition) is 5. The zero-order valence-corrected chi connectivity index (χ0v) is 8.29. The minimum absolute atomic E-state index is 0.477. The van der Waals surface area contributed by atoms with Crippen molar-refractivity contribution in [3.63, 3.8) is 0 Å². The van der Waals surface area contributed by atoms with Gasteiger partial charge in [0.1, 0.15) is 0 Å². The Balaban J connectivity index is 2.11. The van der Waals surface area contributed by atoms with Crippen molar-refractivity contribution in [1.82, 2.24) is 9.97 Å². The summed E-state index contributed by atoms with van der Waals surface area (Å²) in [6, 6.07) is 3.82. The second-order valence-corrected chi connectivity index (χ2v) is 3.57. The van der Waals surface area contributed by atoms with Gasteiger partial charge in [-0.15, -0.1) is 11.3 Å². The molecular weight excluding hydrogens is 196 g/mol. The van der Waals surface area contributed by atoms with Gasteiger partial charge in [-0.05, 0) is 12.1 Å². The van der Waals surface area contributed by atoms with Gasteiger partial charge < -0.3 is 11.1 Å². The third kappa shape index (κ3) is 2.07. The van der Waals surface area contributed by atoms with Gasteiger partial charge in [-0.1, -0.05) is 0 Å². The van der Waals surface area contributed by atoms with E-state index in [1.807, 2.05) is 17.5 Å². The van der Waals surface area contributed by atoms with Crippen molar-refractivity contribution < 1.29 is 0 Å². The molecule has 14 heavy (non-hydrogen) atoms. The van der Waals surface area contributed by atoms with Crippen LogP contribution in [-0.2, 0) is 6.54 Å². The summed E-state index contributed by atoms with van der Waals surface area (Å²) in [7, 11) is 0. The van der Waals surface area contributed by atoms with Crippen LogP contribution in [0.5, 0.6) is 0 Å². The van der Waals surface area contributed by atoms with E-state index in [-0.39, 0.29) is 0 Å². The minimum Gasteiger partial charge on any atom is -0.330 e. The third-order valence-electron chi connectivity index (χ3n) is 1.67. The Bertz CT molecular complexity index is 398. The maximum absolute atomic E-state index is 5.46. The fraction of sp³-hybridized carbons (Fsp3) is 0.111. The number of nitrogens with zero attached hydrogens (tertiary/aromatic N) is 2. The fourth-order valence-electron chi connectivity index (χ4n) is 1.02. The Morgan fingerprint density at radius 2 is 2.43 bits per heavy atom. The smallest absolute Gasteiger partial charge is 0.187 e. The van der Waals surface area contributed by atoms with Crippen molar-refractivity contribution >= 4 is 22.2 Å². The molecule has 2 heterocycles. The van der Waals surface area contributed by atoms with Crippen LogP contribution in [0.1, 0.15) is 5.69 Å². The number of aromatic nitrogens is 2. The van der Waals surface area contributed by atoms with Crippen molar-refractivity contribution in [3.05, 3.63) is 35.6 Å². The largest absolute Gasteiger partial charge is 0.330 e. The van der Waals surface area contributed by atoms with E-state index in [0.29, 0.717) is 6.54 Å². The number of hydrogen-bond donors (Lipinski definition) is 2. The van der Waals surface area contributed by atoms with Crippen molar-refractivity contribution in [2.75, 3.05) is 5.32 Å². The summed E-state index contributed by atoms with van der Waals surface area (Å²) in [5.74, 6) is 0. The molecule has 0 saturated heterocycles. The lowest BCUT2D eigenvalue weighted by Gasteiger charge is -1.99. The molecule has 0 saturated carbocycles. The molecule has 0 aliphatic rings. The average molecular weight is 206 g/mol. The van der Waals surface area contributed by atoms with Crippen LogP contribution in [0.15, 0.2) is 29.9 Å². The lowest BCUT2D eigenvalue weighted by molar-refractivity contribution is 1.01. The van der Waals surface area contributed by atoms with Crippen LogP contribution in [0.3, 0.4) is 0 Å². The Morgan fingerprint density at radius 1 is 1.50 bits per heavy atom. The van der Waals surface area contributed by atoms with E-state index in [1.54, 1.807) is 12.4 Å². The van der Waals surface area contributed by atoms with E-state index in [1.165, 1.54) is 11.3 Å². The second kappa shape index (κ2) is 4.17. The maximum atomic E-state index is 5.46. The van der Waals surface area contributed by atoms with E-state index < -0.39 is 0 Å². The summed E-state index contributed by atoms with van der Waals surface area (Å²) in [6.45, 7) is 0.477. The van der Waals surface area contributed by atoms with E-state index in [2.05, 4.69) is 15.3 Å². The highest BCUT2D eigenvalue weighted by atomic mass is 32.1. The van der Waals surface area contributed by atoms with Gasteiger partial charge in [-0.25, -0.2) is 4.98 Å². The van der Waals surface area contributed by atoms with Gasteiger partial charge in [-0.3, -0.25) is 4.98 Å². The zero-order chi connectivity index (χ0) is 9.80. The Hall–Kier alpha value is -1.46. The third-order valence-corrected chi connectivity index (χ3v) is 2.48. The molecule has 0 spiro atoms. The Kier molecular flexibility index (Phi) is 2.71. The van der Waals surface area contributed by atoms with E-state index >= 15 is 0 Å². The molecule has 0 atom stereocenters. The van der Waals surface area contributed by atoms with Gasteiger partial charge >= 0.3 is 0 Å². The van der Waals surface area contributed by atoms with Crippen molar-refractivity contribution in [1.29, 1.82) is 0 Å². The van der Waals surface area contributed by atoms with Crippen molar-refractivity contribution in [2.24, 2.45) is 5.73 Å². The monoisotopic (exact) mass is 206 g/mol. The summed E-state index contributed by atoms with van der Waals surface area (Å²) < 4.78 is 0. The molecule has 0 aliphatic heterocycles. The highest BCUT2D eigenvalue weighted by molar-refractivity contribution is 7.13. The van der Waals surface area contributed by atoms with E-state index in [9.17, 15) is 0 Å². The lowest BCUT2D eigenvalue weighted by atomic mass is 10.4. The van der Waals surface area contributed by atoms with Gasteiger partial charge in [0, 0.05) is 18.1 Å². The van der Waals surface area contributed by atoms with E-state index in [0.717, 1.165) is 16.5 Å². The van der Waals surface area contributed by atoms with Crippen LogP contribution in [0.25, 0.3) is 0 Å². The predicted octanol–water partition coefficient (Wildman–Crippen LogP) is 1.74. The Labute approximate surface area is 85.8 Å². The highest BCUT2D eigenvalue weighted by Crippen LogP contribution is 2.19. The highest BCUT2D eigenvalue weighted by Gasteiger charge is 1.99. The molecule has 4 nitrogen and oxygen atoms in total. The molecule has 0 unspecified atom stereocenters. The van der Waals surface area contributed by atoms with E-state index in [4.69, 9.17) is 5.73 Å². The first-order valence-electron chi connectivity index (χ1n) is 4.20. The molecule has 2 aromatic heterocycles. The first-order valence-corrected chi connectivity index (χ1v) is 5.08. The summed E-state index contributed by atoms with van der Waals surface area (Å²) in [5, 5.41) is 5.94. The molecule has 0 aliphatic carbocycles. The van der Waals surface area contributed by atoms with Gasteiger partial charge in [0.25, 0.3) is 0 Å². The molecule has 0 aromatic carbocycles. The zero-order valence-electron chi connectivity index (χ0n) is 7.47. The number of anilines is 2. The summed E-state index contributed by atoms with van der Waals surface area (Å²) in [5.41, 5.74) is 7.30.